The monoisotopic (exact) mass is 292 g/mol. The Kier molecular flexibility index (Phi) is 2.20. The molecule has 0 spiro atoms. The van der Waals surface area contributed by atoms with Gasteiger partial charge in [-0.25, -0.2) is 0 Å². The average Bonchev–Trinajstić information content (AvgIpc) is 3.10. The molecule has 0 atom stereocenters. The molecule has 19 heavy (non-hydrogen) atoms. The van der Waals surface area contributed by atoms with Crippen molar-refractivity contribution < 1.29 is 4.42 Å². The lowest BCUT2D eigenvalue weighted by molar-refractivity contribution is 0.575. The summed E-state index contributed by atoms with van der Waals surface area (Å²) >= 11 is 7.39. The maximum atomic E-state index is 6.02. The normalized spacial score (nSPS) is 11.4. The number of halogens is 1. The molecule has 0 aliphatic rings. The molecule has 7 nitrogen and oxygen atoms in total. The summed E-state index contributed by atoms with van der Waals surface area (Å²) in [6, 6.07) is 3.59. The van der Waals surface area contributed by atoms with E-state index >= 15 is 0 Å². The summed E-state index contributed by atoms with van der Waals surface area (Å²) in [5.41, 5.74) is 0.669. The Labute approximate surface area is 114 Å². The Morgan fingerprint density at radius 3 is 3.05 bits per heavy atom. The predicted octanol–water partition coefficient (Wildman–Crippen LogP) is 2.49. The minimum absolute atomic E-state index is 0.518. The number of rotatable bonds is 2. The molecule has 0 radical (unpaired) electrons. The number of nitrogens with zero attached hydrogens (tertiary/aromatic N) is 5. The third kappa shape index (κ3) is 1.57. The van der Waals surface area contributed by atoms with Crippen LogP contribution in [-0.2, 0) is 0 Å². The fourth-order valence-corrected chi connectivity index (χ4v) is 2.78. The summed E-state index contributed by atoms with van der Waals surface area (Å²) in [7, 11) is 0. The van der Waals surface area contributed by atoms with Crippen molar-refractivity contribution >= 4 is 27.9 Å². The third-order valence-corrected chi connectivity index (χ3v) is 3.74. The molecule has 9 heteroatoms. The van der Waals surface area contributed by atoms with Gasteiger partial charge in [0.1, 0.15) is 5.69 Å². The lowest BCUT2D eigenvalue weighted by atomic mass is 10.4. The van der Waals surface area contributed by atoms with Crippen LogP contribution in [-0.4, -0.2) is 30.0 Å². The summed E-state index contributed by atoms with van der Waals surface area (Å²) in [6.07, 6.45) is 3.11. The number of fused-ring (bicyclic) bond motifs is 1. The first-order valence-corrected chi connectivity index (χ1v) is 6.48. The summed E-state index contributed by atoms with van der Waals surface area (Å²) < 4.78 is 6.93. The molecule has 0 saturated heterocycles. The first-order chi connectivity index (χ1) is 9.33. The number of hydrogen-bond donors (Lipinski definition) is 1. The van der Waals surface area contributed by atoms with Crippen LogP contribution in [0.4, 0.5) is 0 Å². The molecule has 0 aliphatic heterocycles. The molecule has 0 bridgehead atoms. The smallest absolute Gasteiger partial charge is 0.235 e. The minimum atomic E-state index is 0.518. The number of nitrogens with one attached hydrogen (secondary N) is 1. The van der Waals surface area contributed by atoms with Crippen molar-refractivity contribution in [1.29, 1.82) is 0 Å². The Morgan fingerprint density at radius 1 is 1.37 bits per heavy atom. The van der Waals surface area contributed by atoms with Crippen molar-refractivity contribution in [2.24, 2.45) is 0 Å². The Morgan fingerprint density at radius 2 is 2.32 bits per heavy atom. The highest BCUT2D eigenvalue weighted by molar-refractivity contribution is 7.19. The van der Waals surface area contributed by atoms with E-state index in [1.165, 1.54) is 17.5 Å². The highest BCUT2D eigenvalue weighted by Crippen LogP contribution is 2.30. The molecule has 4 aromatic rings. The molecular weight excluding hydrogens is 288 g/mol. The maximum Gasteiger partial charge on any atom is 0.235 e. The van der Waals surface area contributed by atoms with Crippen LogP contribution in [0.2, 0.25) is 5.02 Å². The van der Waals surface area contributed by atoms with Gasteiger partial charge in [0, 0.05) is 0 Å². The zero-order valence-electron chi connectivity index (χ0n) is 9.24. The van der Waals surface area contributed by atoms with Crippen molar-refractivity contribution in [2.75, 3.05) is 0 Å². The van der Waals surface area contributed by atoms with Crippen LogP contribution in [0.5, 0.6) is 0 Å². The molecule has 0 unspecified atom stereocenters. The molecule has 0 saturated carbocycles. The number of hydrogen-bond acceptors (Lipinski definition) is 6. The summed E-state index contributed by atoms with van der Waals surface area (Å²) in [5, 5.41) is 20.4. The van der Waals surface area contributed by atoms with E-state index < -0.39 is 0 Å². The molecule has 0 aliphatic carbocycles. The zero-order chi connectivity index (χ0) is 12.8. The molecule has 4 heterocycles. The quantitative estimate of drug-likeness (QED) is 0.613. The standard InChI is InChI=1S/C10H5ClN6OS/c11-5-4-12-13-7(5)9-16-17-8(6-2-1-3-18-6)14-15-10(17)19-9/h1-4H,(H,12,13). The summed E-state index contributed by atoms with van der Waals surface area (Å²) in [5.74, 6) is 1.16. The molecule has 0 fully saturated rings. The number of H-pyrrole nitrogens is 1. The second kappa shape index (κ2) is 3.90. The Balaban J connectivity index is 1.92. The van der Waals surface area contributed by atoms with Gasteiger partial charge in [0.15, 0.2) is 10.8 Å². The first kappa shape index (κ1) is 10.7. The molecule has 1 N–H and O–H groups in total. The van der Waals surface area contributed by atoms with Crippen LogP contribution in [0, 0.1) is 0 Å². The van der Waals surface area contributed by atoms with E-state index in [-0.39, 0.29) is 0 Å². The van der Waals surface area contributed by atoms with Crippen LogP contribution < -0.4 is 0 Å². The van der Waals surface area contributed by atoms with Gasteiger partial charge in [-0.3, -0.25) is 5.10 Å². The van der Waals surface area contributed by atoms with E-state index in [1.54, 1.807) is 22.9 Å². The van der Waals surface area contributed by atoms with Gasteiger partial charge in [-0.05, 0) is 12.1 Å². The van der Waals surface area contributed by atoms with Gasteiger partial charge in [0.2, 0.25) is 10.8 Å². The van der Waals surface area contributed by atoms with E-state index in [1.807, 2.05) is 0 Å². The summed E-state index contributed by atoms with van der Waals surface area (Å²) in [6.45, 7) is 0. The van der Waals surface area contributed by atoms with E-state index in [4.69, 9.17) is 16.0 Å². The van der Waals surface area contributed by atoms with E-state index in [2.05, 4.69) is 25.5 Å². The molecule has 4 rings (SSSR count). The van der Waals surface area contributed by atoms with Crippen LogP contribution in [0.15, 0.2) is 29.0 Å². The van der Waals surface area contributed by atoms with E-state index in [0.29, 0.717) is 32.3 Å². The van der Waals surface area contributed by atoms with Crippen LogP contribution in [0.1, 0.15) is 0 Å². The van der Waals surface area contributed by atoms with E-state index in [0.717, 1.165) is 0 Å². The minimum Gasteiger partial charge on any atom is -0.461 e. The molecule has 94 valence electrons. The largest absolute Gasteiger partial charge is 0.461 e. The van der Waals surface area contributed by atoms with Crippen molar-refractivity contribution in [2.45, 2.75) is 0 Å². The maximum absolute atomic E-state index is 6.02. The fraction of sp³-hybridized carbons (Fsp3) is 0. The number of aromatic nitrogens is 6. The van der Waals surface area contributed by atoms with Crippen LogP contribution in [0.25, 0.3) is 27.2 Å². The second-order valence-electron chi connectivity index (χ2n) is 3.70. The zero-order valence-corrected chi connectivity index (χ0v) is 10.8. The predicted molar refractivity (Wildman–Crippen MR) is 69.0 cm³/mol. The fourth-order valence-electron chi connectivity index (χ4n) is 1.70. The average molecular weight is 293 g/mol. The number of furan rings is 1. The van der Waals surface area contributed by atoms with Gasteiger partial charge >= 0.3 is 0 Å². The molecule has 0 amide bonds. The van der Waals surface area contributed by atoms with E-state index in [9.17, 15) is 0 Å². The van der Waals surface area contributed by atoms with Crippen LogP contribution in [0.3, 0.4) is 0 Å². The van der Waals surface area contributed by atoms with Gasteiger partial charge < -0.3 is 4.42 Å². The van der Waals surface area contributed by atoms with Crippen molar-refractivity contribution in [3.63, 3.8) is 0 Å². The van der Waals surface area contributed by atoms with Gasteiger partial charge in [0.05, 0.1) is 17.5 Å². The molecular formula is C10H5ClN6OS. The van der Waals surface area contributed by atoms with Gasteiger partial charge in [-0.15, -0.1) is 10.2 Å². The van der Waals surface area contributed by atoms with Crippen molar-refractivity contribution in [3.8, 4) is 22.3 Å². The van der Waals surface area contributed by atoms with Gasteiger partial charge in [-0.2, -0.15) is 14.7 Å². The SMILES string of the molecule is Clc1cn[nH]c1-c1nn2c(-c3ccco3)nnc2s1. The second-order valence-corrected chi connectivity index (χ2v) is 5.06. The Bertz CT molecular complexity index is 845. The van der Waals surface area contributed by atoms with Crippen molar-refractivity contribution in [3.05, 3.63) is 29.6 Å². The topological polar surface area (TPSA) is 84.9 Å². The van der Waals surface area contributed by atoms with Crippen molar-refractivity contribution in [1.82, 2.24) is 30.0 Å². The van der Waals surface area contributed by atoms with Gasteiger partial charge in [-0.1, -0.05) is 22.9 Å². The van der Waals surface area contributed by atoms with Gasteiger partial charge in [0.25, 0.3) is 0 Å². The Hall–Kier alpha value is -2.19. The molecule has 0 aromatic carbocycles. The summed E-state index contributed by atoms with van der Waals surface area (Å²) in [4.78, 5) is 0.659. The van der Waals surface area contributed by atoms with Crippen LogP contribution >= 0.6 is 22.9 Å². The molecule has 4 aromatic heterocycles. The third-order valence-electron chi connectivity index (χ3n) is 2.54. The highest BCUT2D eigenvalue weighted by atomic mass is 35.5. The highest BCUT2D eigenvalue weighted by Gasteiger charge is 2.18. The first-order valence-electron chi connectivity index (χ1n) is 5.28. The number of aromatic amines is 1. The lowest BCUT2D eigenvalue weighted by Gasteiger charge is -1.91. The lowest BCUT2D eigenvalue weighted by Crippen LogP contribution is -1.89.